The standard InChI is InChI=1S/C29H43FO3/c1-6-7-8-9-10-11-12-16-28(33-29(31-22(2)3)32-23(4)5)25-19-17-24(18-20-25)26-14-13-15-27(30)21-26/h13-15,17-23,28-29H,6-12,16H2,1-5H3. The van der Waals surface area contributed by atoms with Crippen LogP contribution in [0.5, 0.6) is 0 Å². The van der Waals surface area contributed by atoms with E-state index in [1.165, 1.54) is 44.6 Å². The van der Waals surface area contributed by atoms with Gasteiger partial charge in [-0.15, -0.1) is 0 Å². The Kier molecular flexibility index (Phi) is 12.7. The van der Waals surface area contributed by atoms with Crippen molar-refractivity contribution in [2.24, 2.45) is 0 Å². The van der Waals surface area contributed by atoms with Crippen LogP contribution in [0.3, 0.4) is 0 Å². The Morgan fingerprint density at radius 2 is 1.30 bits per heavy atom. The number of rotatable bonds is 16. The summed E-state index contributed by atoms with van der Waals surface area (Å²) in [5.74, 6) is -0.226. The highest BCUT2D eigenvalue weighted by molar-refractivity contribution is 5.63. The summed E-state index contributed by atoms with van der Waals surface area (Å²) in [7, 11) is 0. The molecule has 4 heteroatoms. The van der Waals surface area contributed by atoms with E-state index in [9.17, 15) is 4.39 Å². The average molecular weight is 459 g/mol. The third-order valence-electron chi connectivity index (χ3n) is 5.55. The molecule has 0 radical (unpaired) electrons. The van der Waals surface area contributed by atoms with Gasteiger partial charge in [0.25, 0.3) is 6.48 Å². The predicted octanol–water partition coefficient (Wildman–Crippen LogP) is 8.82. The Hall–Kier alpha value is -1.75. The van der Waals surface area contributed by atoms with Gasteiger partial charge in [-0.1, -0.05) is 88.3 Å². The van der Waals surface area contributed by atoms with Gasteiger partial charge in [0, 0.05) is 0 Å². The highest BCUT2D eigenvalue weighted by Gasteiger charge is 2.22. The molecule has 1 unspecified atom stereocenters. The number of halogens is 1. The van der Waals surface area contributed by atoms with Crippen LogP contribution < -0.4 is 0 Å². The quantitative estimate of drug-likeness (QED) is 0.186. The van der Waals surface area contributed by atoms with Crippen LogP contribution in [0.4, 0.5) is 4.39 Å². The van der Waals surface area contributed by atoms with Crippen molar-refractivity contribution in [2.75, 3.05) is 0 Å². The Labute approximate surface area is 200 Å². The van der Waals surface area contributed by atoms with Gasteiger partial charge in [-0.05, 0) is 62.9 Å². The summed E-state index contributed by atoms with van der Waals surface area (Å²) in [6.45, 7) is 9.48. The van der Waals surface area contributed by atoms with Crippen LogP contribution in [0.25, 0.3) is 11.1 Å². The fourth-order valence-corrected chi connectivity index (χ4v) is 3.83. The minimum absolute atomic E-state index is 0.00307. The molecule has 0 aliphatic carbocycles. The Morgan fingerprint density at radius 1 is 0.697 bits per heavy atom. The molecule has 0 amide bonds. The molecule has 2 aromatic rings. The second-order valence-corrected chi connectivity index (χ2v) is 9.33. The maximum absolute atomic E-state index is 13.6. The molecule has 0 aliphatic heterocycles. The molecule has 1 atom stereocenters. The van der Waals surface area contributed by atoms with E-state index >= 15 is 0 Å². The van der Waals surface area contributed by atoms with Crippen molar-refractivity contribution < 1.29 is 18.6 Å². The molecular weight excluding hydrogens is 415 g/mol. The fourth-order valence-electron chi connectivity index (χ4n) is 3.83. The van der Waals surface area contributed by atoms with E-state index in [0.29, 0.717) is 0 Å². The molecule has 0 fully saturated rings. The number of benzene rings is 2. The highest BCUT2D eigenvalue weighted by atomic mass is 19.1. The van der Waals surface area contributed by atoms with E-state index in [1.54, 1.807) is 12.1 Å². The number of hydrogen-bond acceptors (Lipinski definition) is 3. The summed E-state index contributed by atoms with van der Waals surface area (Å²) < 4.78 is 31.8. The first-order valence-electron chi connectivity index (χ1n) is 12.7. The van der Waals surface area contributed by atoms with Crippen molar-refractivity contribution in [3.63, 3.8) is 0 Å². The molecule has 184 valence electrons. The SMILES string of the molecule is CCCCCCCCCC(OC(OC(C)C)OC(C)C)c1ccc(-c2cccc(F)c2)cc1. The van der Waals surface area contributed by atoms with Crippen LogP contribution in [0, 0.1) is 5.82 Å². The largest absolute Gasteiger partial charge is 0.327 e. The summed E-state index contributed by atoms with van der Waals surface area (Å²) in [6, 6.07) is 14.9. The van der Waals surface area contributed by atoms with Crippen molar-refractivity contribution in [1.29, 1.82) is 0 Å². The molecule has 0 saturated heterocycles. The molecule has 2 aromatic carbocycles. The zero-order valence-corrected chi connectivity index (χ0v) is 21.2. The van der Waals surface area contributed by atoms with Crippen LogP contribution in [0.15, 0.2) is 48.5 Å². The van der Waals surface area contributed by atoms with Crippen molar-refractivity contribution in [2.45, 2.75) is 111 Å². The Bertz CT molecular complexity index is 763. The fraction of sp³-hybridized carbons (Fsp3) is 0.586. The van der Waals surface area contributed by atoms with Crippen molar-refractivity contribution in [3.05, 3.63) is 59.9 Å². The molecule has 0 bridgehead atoms. The van der Waals surface area contributed by atoms with E-state index in [0.717, 1.165) is 29.5 Å². The van der Waals surface area contributed by atoms with Gasteiger partial charge in [0.05, 0.1) is 18.3 Å². The molecular formula is C29H43FO3. The molecule has 0 N–H and O–H groups in total. The van der Waals surface area contributed by atoms with Gasteiger partial charge < -0.3 is 14.2 Å². The zero-order valence-electron chi connectivity index (χ0n) is 21.2. The molecule has 0 aromatic heterocycles. The monoisotopic (exact) mass is 458 g/mol. The molecule has 0 saturated carbocycles. The molecule has 2 rings (SSSR count). The molecule has 0 spiro atoms. The van der Waals surface area contributed by atoms with Crippen LogP contribution in [-0.2, 0) is 14.2 Å². The van der Waals surface area contributed by atoms with Gasteiger partial charge in [0.15, 0.2) is 0 Å². The normalized spacial score (nSPS) is 12.8. The third kappa shape index (κ3) is 10.8. The van der Waals surface area contributed by atoms with Gasteiger partial charge in [-0.3, -0.25) is 0 Å². The lowest BCUT2D eigenvalue weighted by Crippen LogP contribution is -2.29. The predicted molar refractivity (Wildman–Crippen MR) is 135 cm³/mol. The van der Waals surface area contributed by atoms with Gasteiger partial charge >= 0.3 is 0 Å². The lowest BCUT2D eigenvalue weighted by Gasteiger charge is -2.28. The van der Waals surface area contributed by atoms with Crippen LogP contribution >= 0.6 is 0 Å². The third-order valence-corrected chi connectivity index (χ3v) is 5.55. The van der Waals surface area contributed by atoms with Gasteiger partial charge in [-0.25, -0.2) is 4.39 Å². The lowest BCUT2D eigenvalue weighted by molar-refractivity contribution is -0.328. The number of unbranched alkanes of at least 4 members (excludes halogenated alkanes) is 6. The lowest BCUT2D eigenvalue weighted by atomic mass is 9.98. The molecule has 33 heavy (non-hydrogen) atoms. The second-order valence-electron chi connectivity index (χ2n) is 9.33. The number of hydrogen-bond donors (Lipinski definition) is 0. The minimum Gasteiger partial charge on any atom is -0.327 e. The molecule has 0 aliphatic rings. The van der Waals surface area contributed by atoms with Gasteiger partial charge in [0.2, 0.25) is 0 Å². The average Bonchev–Trinajstić information content (AvgIpc) is 2.77. The first-order chi connectivity index (χ1) is 15.9. The Morgan fingerprint density at radius 3 is 1.88 bits per heavy atom. The van der Waals surface area contributed by atoms with E-state index in [4.69, 9.17) is 14.2 Å². The zero-order chi connectivity index (χ0) is 24.1. The second kappa shape index (κ2) is 15.2. The summed E-state index contributed by atoms with van der Waals surface area (Å²) >= 11 is 0. The first kappa shape index (κ1) is 27.5. The number of ether oxygens (including phenoxy) is 3. The van der Waals surface area contributed by atoms with Gasteiger partial charge in [0.1, 0.15) is 5.82 Å². The molecule has 3 nitrogen and oxygen atoms in total. The topological polar surface area (TPSA) is 27.7 Å². The van der Waals surface area contributed by atoms with Crippen LogP contribution in [0.2, 0.25) is 0 Å². The van der Waals surface area contributed by atoms with E-state index in [-0.39, 0.29) is 24.1 Å². The van der Waals surface area contributed by atoms with E-state index in [1.807, 2.05) is 45.9 Å². The van der Waals surface area contributed by atoms with Gasteiger partial charge in [-0.2, -0.15) is 0 Å². The smallest absolute Gasteiger partial charge is 0.272 e. The summed E-state index contributed by atoms with van der Waals surface area (Å²) in [5, 5.41) is 0. The summed E-state index contributed by atoms with van der Waals surface area (Å²) in [4.78, 5) is 0. The van der Waals surface area contributed by atoms with E-state index in [2.05, 4.69) is 19.1 Å². The summed E-state index contributed by atoms with van der Waals surface area (Å²) in [5.41, 5.74) is 2.95. The highest BCUT2D eigenvalue weighted by Crippen LogP contribution is 2.30. The maximum Gasteiger partial charge on any atom is 0.272 e. The van der Waals surface area contributed by atoms with Crippen molar-refractivity contribution in [3.8, 4) is 11.1 Å². The first-order valence-corrected chi connectivity index (χ1v) is 12.7. The maximum atomic E-state index is 13.6. The summed E-state index contributed by atoms with van der Waals surface area (Å²) in [6.07, 6.45) is 9.58. The Balaban J connectivity index is 2.09. The van der Waals surface area contributed by atoms with Crippen LogP contribution in [-0.4, -0.2) is 18.7 Å². The minimum atomic E-state index is -0.706. The van der Waals surface area contributed by atoms with E-state index < -0.39 is 6.48 Å². The van der Waals surface area contributed by atoms with Crippen LogP contribution in [0.1, 0.15) is 97.7 Å². The van der Waals surface area contributed by atoms with Crippen molar-refractivity contribution >= 4 is 0 Å². The molecule has 0 heterocycles. The van der Waals surface area contributed by atoms with Crippen molar-refractivity contribution in [1.82, 2.24) is 0 Å².